The van der Waals surface area contributed by atoms with Gasteiger partial charge in [0.25, 0.3) is 0 Å². The summed E-state index contributed by atoms with van der Waals surface area (Å²) in [6.45, 7) is 0.440. The number of nitrogens with two attached hydrogens (primary N) is 2. The maximum atomic E-state index is 13.0. The Morgan fingerprint density at radius 1 is 0.943 bits per heavy atom. The molecule has 35 heavy (non-hydrogen) atoms. The summed E-state index contributed by atoms with van der Waals surface area (Å²) in [6.07, 6.45) is 4.02. The second kappa shape index (κ2) is 17.2. The molecule has 0 saturated heterocycles. The van der Waals surface area contributed by atoms with Crippen molar-refractivity contribution in [1.29, 1.82) is 0 Å². The van der Waals surface area contributed by atoms with Crippen LogP contribution in [0.1, 0.15) is 31.2 Å². The van der Waals surface area contributed by atoms with Crippen LogP contribution in [0.3, 0.4) is 0 Å². The average molecular weight is 528 g/mol. The van der Waals surface area contributed by atoms with E-state index in [9.17, 15) is 24.3 Å². The summed E-state index contributed by atoms with van der Waals surface area (Å²) in [5.41, 5.74) is 12.2. The molecule has 0 aromatic heterocycles. The third kappa shape index (κ3) is 11.8. The van der Waals surface area contributed by atoms with Crippen molar-refractivity contribution in [2.45, 2.75) is 56.3 Å². The first-order valence-corrected chi connectivity index (χ1v) is 13.5. The van der Waals surface area contributed by atoms with Crippen LogP contribution in [0.5, 0.6) is 0 Å². The number of unbranched alkanes of at least 4 members (excludes halogenated alkanes) is 1. The van der Waals surface area contributed by atoms with Gasteiger partial charge < -0.3 is 32.5 Å². The zero-order valence-corrected chi connectivity index (χ0v) is 21.7. The molecule has 0 bridgehead atoms. The van der Waals surface area contributed by atoms with Crippen LogP contribution in [0.2, 0.25) is 0 Å². The lowest BCUT2D eigenvalue weighted by Gasteiger charge is -2.24. The van der Waals surface area contributed by atoms with E-state index in [1.54, 1.807) is 36.0 Å². The highest BCUT2D eigenvalue weighted by Gasteiger charge is 2.29. The standard InChI is InChI=1S/C23H37N5O5S2/c1-35-12-10-16(25)20(29)26-17(9-5-6-11-24)21(30)28-19(14-34)22(31)27-18(23(32)33)13-15-7-3-2-4-8-15/h2-4,7-8,16-19,34H,5-6,9-14,24-25H2,1H3,(H,26,29)(H,27,31)(H,28,30)(H,32,33). The fourth-order valence-electron chi connectivity index (χ4n) is 3.20. The van der Waals surface area contributed by atoms with Crippen molar-refractivity contribution in [2.75, 3.05) is 24.3 Å². The topological polar surface area (TPSA) is 177 Å². The predicted molar refractivity (Wildman–Crippen MR) is 141 cm³/mol. The summed E-state index contributed by atoms with van der Waals surface area (Å²) in [4.78, 5) is 49.9. The van der Waals surface area contributed by atoms with Crippen LogP contribution in [-0.2, 0) is 25.6 Å². The van der Waals surface area contributed by atoms with Gasteiger partial charge in [0.1, 0.15) is 18.1 Å². The van der Waals surface area contributed by atoms with E-state index in [0.717, 1.165) is 5.56 Å². The Bertz CT molecular complexity index is 815. The van der Waals surface area contributed by atoms with Crippen LogP contribution in [0, 0.1) is 0 Å². The maximum absolute atomic E-state index is 13.0. The minimum atomic E-state index is -1.20. The van der Waals surface area contributed by atoms with Crippen LogP contribution in [-0.4, -0.2) is 77.3 Å². The molecular weight excluding hydrogens is 490 g/mol. The van der Waals surface area contributed by atoms with Crippen molar-refractivity contribution in [1.82, 2.24) is 16.0 Å². The summed E-state index contributed by atoms with van der Waals surface area (Å²) >= 11 is 5.71. The van der Waals surface area contributed by atoms with Crippen molar-refractivity contribution in [3.8, 4) is 0 Å². The van der Waals surface area contributed by atoms with E-state index in [2.05, 4.69) is 28.6 Å². The SMILES string of the molecule is CSCCC(N)C(=O)NC(CCCCN)C(=O)NC(CS)C(=O)NC(Cc1ccccc1)C(=O)O. The van der Waals surface area contributed by atoms with Crippen LogP contribution in [0.15, 0.2) is 30.3 Å². The number of hydrogen-bond donors (Lipinski definition) is 7. The zero-order chi connectivity index (χ0) is 26.2. The second-order valence-electron chi connectivity index (χ2n) is 8.07. The highest BCUT2D eigenvalue weighted by Crippen LogP contribution is 2.06. The lowest BCUT2D eigenvalue weighted by atomic mass is 10.1. The van der Waals surface area contributed by atoms with Crippen molar-refractivity contribution in [3.63, 3.8) is 0 Å². The first-order chi connectivity index (χ1) is 16.7. The van der Waals surface area contributed by atoms with Crippen molar-refractivity contribution < 1.29 is 24.3 Å². The Morgan fingerprint density at radius 2 is 1.54 bits per heavy atom. The largest absolute Gasteiger partial charge is 0.480 e. The number of carboxylic acids is 1. The summed E-state index contributed by atoms with van der Waals surface area (Å²) < 4.78 is 0. The normalized spacial score (nSPS) is 14.3. The molecule has 12 heteroatoms. The molecule has 1 rings (SSSR count). The summed E-state index contributed by atoms with van der Waals surface area (Å²) in [5, 5.41) is 17.3. The number of nitrogens with one attached hydrogen (secondary N) is 3. The predicted octanol–water partition coefficient (Wildman–Crippen LogP) is -0.0927. The number of aliphatic carboxylic acids is 1. The summed E-state index contributed by atoms with van der Waals surface area (Å²) in [5.74, 6) is -2.26. The second-order valence-corrected chi connectivity index (χ2v) is 9.42. The van der Waals surface area contributed by atoms with Gasteiger partial charge in [-0.2, -0.15) is 24.4 Å². The molecule has 0 radical (unpaired) electrons. The Labute approximate surface area is 216 Å². The fraction of sp³-hybridized carbons (Fsp3) is 0.565. The number of benzene rings is 1. The summed E-state index contributed by atoms with van der Waals surface area (Å²) in [7, 11) is 0. The van der Waals surface area contributed by atoms with Crippen LogP contribution < -0.4 is 27.4 Å². The molecule has 4 atom stereocenters. The lowest BCUT2D eigenvalue weighted by molar-refractivity contribution is -0.142. The van der Waals surface area contributed by atoms with Gasteiger partial charge in [0, 0.05) is 12.2 Å². The van der Waals surface area contributed by atoms with Gasteiger partial charge >= 0.3 is 5.97 Å². The molecule has 0 aliphatic heterocycles. The summed E-state index contributed by atoms with van der Waals surface area (Å²) in [6, 6.07) is 4.94. The van der Waals surface area contributed by atoms with Crippen LogP contribution in [0.25, 0.3) is 0 Å². The molecule has 0 fully saturated rings. The molecule has 4 unspecified atom stereocenters. The monoisotopic (exact) mass is 527 g/mol. The van der Waals surface area contributed by atoms with E-state index in [4.69, 9.17) is 11.5 Å². The molecule has 8 N–H and O–H groups in total. The number of carbonyl (C=O) groups is 4. The quantitative estimate of drug-likeness (QED) is 0.109. The number of carboxylic acid groups (broad SMARTS) is 1. The van der Waals surface area contributed by atoms with Gasteiger partial charge in [0.2, 0.25) is 17.7 Å². The Kier molecular flexibility index (Phi) is 15.1. The number of hydrogen-bond acceptors (Lipinski definition) is 8. The zero-order valence-electron chi connectivity index (χ0n) is 19.9. The molecule has 0 spiro atoms. The molecule has 0 aliphatic carbocycles. The third-order valence-corrected chi connectivity index (χ3v) is 6.27. The molecule has 0 heterocycles. The first kappa shape index (κ1) is 30.8. The van der Waals surface area contributed by atoms with Gasteiger partial charge in [-0.15, -0.1) is 0 Å². The lowest BCUT2D eigenvalue weighted by Crippen LogP contribution is -2.57. The van der Waals surface area contributed by atoms with Crippen molar-refractivity contribution in [2.24, 2.45) is 11.5 Å². The van der Waals surface area contributed by atoms with Crippen molar-refractivity contribution >= 4 is 48.1 Å². The third-order valence-electron chi connectivity index (χ3n) is 5.26. The molecule has 1 aromatic carbocycles. The maximum Gasteiger partial charge on any atom is 0.326 e. The Balaban J connectivity index is 2.84. The van der Waals surface area contributed by atoms with E-state index < -0.39 is 47.9 Å². The van der Waals surface area contributed by atoms with Gasteiger partial charge in [-0.25, -0.2) is 4.79 Å². The van der Waals surface area contributed by atoms with Gasteiger partial charge in [0.05, 0.1) is 6.04 Å². The number of thioether (sulfide) groups is 1. The smallest absolute Gasteiger partial charge is 0.326 e. The van der Waals surface area contributed by atoms with E-state index in [1.165, 1.54) is 0 Å². The Hall–Kier alpha value is -2.28. The van der Waals surface area contributed by atoms with Gasteiger partial charge in [-0.3, -0.25) is 14.4 Å². The molecule has 1 aromatic rings. The van der Waals surface area contributed by atoms with E-state index >= 15 is 0 Å². The highest BCUT2D eigenvalue weighted by atomic mass is 32.2. The number of amides is 3. The average Bonchev–Trinajstić information content (AvgIpc) is 2.84. The van der Waals surface area contributed by atoms with Gasteiger partial charge in [-0.1, -0.05) is 30.3 Å². The van der Waals surface area contributed by atoms with Gasteiger partial charge in [0.15, 0.2) is 0 Å². The fourth-order valence-corrected chi connectivity index (χ4v) is 3.95. The van der Waals surface area contributed by atoms with E-state index in [-0.39, 0.29) is 12.2 Å². The van der Waals surface area contributed by atoms with Crippen molar-refractivity contribution in [3.05, 3.63) is 35.9 Å². The number of carbonyl (C=O) groups excluding carboxylic acids is 3. The van der Waals surface area contributed by atoms with Crippen LogP contribution >= 0.6 is 24.4 Å². The molecule has 0 saturated carbocycles. The molecule has 196 valence electrons. The number of thiol groups is 1. The Morgan fingerprint density at radius 3 is 2.11 bits per heavy atom. The number of rotatable bonds is 17. The minimum Gasteiger partial charge on any atom is -0.480 e. The molecule has 3 amide bonds. The van der Waals surface area contributed by atoms with Gasteiger partial charge in [-0.05, 0) is 49.8 Å². The van der Waals surface area contributed by atoms with Crippen LogP contribution in [0.4, 0.5) is 0 Å². The molecular formula is C23H37N5O5S2. The minimum absolute atomic E-state index is 0.0635. The highest BCUT2D eigenvalue weighted by molar-refractivity contribution is 7.98. The first-order valence-electron chi connectivity index (χ1n) is 11.5. The molecule has 0 aliphatic rings. The van der Waals surface area contributed by atoms with E-state index in [1.807, 2.05) is 12.3 Å². The molecule has 10 nitrogen and oxygen atoms in total. The van der Waals surface area contributed by atoms with E-state index in [0.29, 0.717) is 38.0 Å².